The summed E-state index contributed by atoms with van der Waals surface area (Å²) in [5.41, 5.74) is -0.440. The summed E-state index contributed by atoms with van der Waals surface area (Å²) in [5.74, 6) is -0.960. The molecule has 1 aliphatic rings. The minimum absolute atomic E-state index is 0.0648. The minimum Gasteiger partial charge on any atom is -0.267 e. The summed E-state index contributed by atoms with van der Waals surface area (Å²) in [7, 11) is 0. The molecule has 1 aromatic carbocycles. The Balaban J connectivity index is 0.000000379. The van der Waals surface area contributed by atoms with Crippen LogP contribution in [0.2, 0.25) is 0 Å². The fourth-order valence-corrected chi connectivity index (χ4v) is 4.56. The molecule has 0 unspecified atom stereocenters. The molecule has 0 amide bonds. The van der Waals surface area contributed by atoms with Crippen LogP contribution in [0.4, 0.5) is 22.0 Å². The Hall–Kier alpha value is -4.02. The van der Waals surface area contributed by atoms with E-state index < -0.39 is 29.7 Å². The van der Waals surface area contributed by atoms with Crippen molar-refractivity contribution >= 4 is 0 Å². The normalized spacial score (nSPS) is 14.0. The van der Waals surface area contributed by atoms with E-state index >= 15 is 0 Å². The molecule has 0 saturated heterocycles. The van der Waals surface area contributed by atoms with Crippen molar-refractivity contribution in [3.63, 3.8) is 0 Å². The number of rotatable bonds is 4. The molecule has 0 bridgehead atoms. The maximum atomic E-state index is 14.3. The van der Waals surface area contributed by atoms with Gasteiger partial charge in [-0.3, -0.25) is 9.78 Å². The lowest BCUT2D eigenvalue weighted by molar-refractivity contribution is -0.138. The molecule has 0 aliphatic heterocycles. The fourth-order valence-electron chi connectivity index (χ4n) is 4.56. The van der Waals surface area contributed by atoms with Gasteiger partial charge in [0.15, 0.2) is 5.82 Å². The molecule has 5 rings (SSSR count). The third kappa shape index (κ3) is 7.10. The van der Waals surface area contributed by atoms with Crippen molar-refractivity contribution in [2.75, 3.05) is 0 Å². The molecule has 39 heavy (non-hydrogen) atoms. The molecule has 0 spiro atoms. The number of aromatic nitrogens is 5. The molecule has 11 heteroatoms. The van der Waals surface area contributed by atoms with Gasteiger partial charge in [-0.1, -0.05) is 31.4 Å². The summed E-state index contributed by atoms with van der Waals surface area (Å²) in [6.07, 6.45) is 3.23. The number of nitrogens with zero attached hydrogens (tertiary/aromatic N) is 5. The molecular formula is C28H26F5N5O. The van der Waals surface area contributed by atoms with Crippen molar-refractivity contribution < 1.29 is 22.0 Å². The molecule has 4 aromatic rings. The van der Waals surface area contributed by atoms with Crippen LogP contribution in [-0.4, -0.2) is 24.7 Å². The minimum atomic E-state index is -4.63. The summed E-state index contributed by atoms with van der Waals surface area (Å²) in [6, 6.07) is 10.1. The van der Waals surface area contributed by atoms with Gasteiger partial charge >= 0.3 is 6.18 Å². The number of halogens is 5. The highest BCUT2D eigenvalue weighted by molar-refractivity contribution is 5.54. The van der Waals surface area contributed by atoms with Gasteiger partial charge in [-0.2, -0.15) is 18.3 Å². The number of alkyl halides is 3. The van der Waals surface area contributed by atoms with Gasteiger partial charge in [-0.15, -0.1) is 0 Å². The van der Waals surface area contributed by atoms with Crippen LogP contribution in [0.3, 0.4) is 0 Å². The molecule has 3 aromatic heterocycles. The van der Waals surface area contributed by atoms with E-state index in [1.165, 1.54) is 30.5 Å². The van der Waals surface area contributed by atoms with Crippen LogP contribution >= 0.6 is 0 Å². The zero-order valence-corrected chi connectivity index (χ0v) is 21.1. The maximum Gasteiger partial charge on any atom is 0.418 e. The van der Waals surface area contributed by atoms with Crippen LogP contribution in [0.1, 0.15) is 60.4 Å². The summed E-state index contributed by atoms with van der Waals surface area (Å²) in [6.45, 7) is 1.37. The highest BCUT2D eigenvalue weighted by atomic mass is 19.4. The zero-order chi connectivity index (χ0) is 28.0. The first-order valence-electron chi connectivity index (χ1n) is 12.4. The van der Waals surface area contributed by atoms with Gasteiger partial charge in [0.25, 0.3) is 5.56 Å². The average molecular weight is 544 g/mol. The number of benzene rings is 1. The van der Waals surface area contributed by atoms with Gasteiger partial charge in [0, 0.05) is 11.8 Å². The largest absolute Gasteiger partial charge is 0.418 e. The lowest BCUT2D eigenvalue weighted by atomic mass is 9.84. The number of aryl methyl sites for hydroxylation is 1. The first-order chi connectivity index (χ1) is 18.6. The SMILES string of the molecule is Cc1cccc(F)c1.O=c1c(C2CCCCC2)cc(-c2ncncc2F)nn1Cc1ncccc1C(F)(F)F. The maximum absolute atomic E-state index is 14.3. The Morgan fingerprint density at radius 3 is 2.41 bits per heavy atom. The molecule has 1 fully saturated rings. The Kier molecular flexibility index (Phi) is 8.78. The average Bonchev–Trinajstić information content (AvgIpc) is 2.91. The van der Waals surface area contributed by atoms with Gasteiger partial charge < -0.3 is 0 Å². The van der Waals surface area contributed by atoms with Crippen LogP contribution in [0.25, 0.3) is 11.4 Å². The second kappa shape index (κ2) is 12.2. The highest BCUT2D eigenvalue weighted by Crippen LogP contribution is 2.33. The van der Waals surface area contributed by atoms with Gasteiger partial charge in [0.1, 0.15) is 23.5 Å². The molecule has 0 N–H and O–H groups in total. The molecule has 0 radical (unpaired) electrons. The van der Waals surface area contributed by atoms with Crippen molar-refractivity contribution in [3.8, 4) is 11.4 Å². The van der Waals surface area contributed by atoms with Crippen LogP contribution in [-0.2, 0) is 12.7 Å². The quantitative estimate of drug-likeness (QED) is 0.276. The van der Waals surface area contributed by atoms with Crippen molar-refractivity contribution in [2.45, 2.75) is 57.7 Å². The van der Waals surface area contributed by atoms with Crippen LogP contribution < -0.4 is 5.56 Å². The van der Waals surface area contributed by atoms with Crippen molar-refractivity contribution in [3.05, 3.63) is 106 Å². The lowest BCUT2D eigenvalue weighted by Crippen LogP contribution is -2.30. The summed E-state index contributed by atoms with van der Waals surface area (Å²) < 4.78 is 67.6. The predicted octanol–water partition coefficient (Wildman–Crippen LogP) is 6.48. The molecule has 3 heterocycles. The first kappa shape index (κ1) is 28.0. The van der Waals surface area contributed by atoms with E-state index in [-0.39, 0.29) is 28.8 Å². The van der Waals surface area contributed by atoms with Gasteiger partial charge in [-0.05, 0) is 61.6 Å². The third-order valence-electron chi connectivity index (χ3n) is 6.43. The Labute approximate surface area is 221 Å². The van der Waals surface area contributed by atoms with E-state index in [0.29, 0.717) is 5.56 Å². The molecular weight excluding hydrogens is 517 g/mol. The van der Waals surface area contributed by atoms with Crippen LogP contribution in [0.15, 0.2) is 66.0 Å². The van der Waals surface area contributed by atoms with Crippen molar-refractivity contribution in [1.29, 1.82) is 0 Å². The van der Waals surface area contributed by atoms with E-state index in [9.17, 15) is 26.7 Å². The summed E-state index contributed by atoms with van der Waals surface area (Å²) in [5, 5.41) is 4.14. The Morgan fingerprint density at radius 1 is 1.00 bits per heavy atom. The summed E-state index contributed by atoms with van der Waals surface area (Å²) in [4.78, 5) is 24.5. The topological polar surface area (TPSA) is 73.6 Å². The monoisotopic (exact) mass is 543 g/mol. The standard InChI is InChI=1S/C21H19F4N5O.C7H7F/c22-16-10-26-12-28-19(16)17-9-14(13-5-2-1-3-6-13)20(31)30(29-17)11-18-15(21(23,24)25)7-4-8-27-18;1-6-3-2-4-7(8)5-6/h4,7-10,12-13H,1-3,5-6,11H2;2-5H,1H3. The Morgan fingerprint density at radius 2 is 1.77 bits per heavy atom. The van der Waals surface area contributed by atoms with Crippen LogP contribution in [0.5, 0.6) is 0 Å². The smallest absolute Gasteiger partial charge is 0.267 e. The number of pyridine rings is 1. The van der Waals surface area contributed by atoms with Crippen molar-refractivity contribution in [1.82, 2.24) is 24.7 Å². The Bertz CT molecular complexity index is 1460. The lowest BCUT2D eigenvalue weighted by Gasteiger charge is -2.22. The molecule has 1 saturated carbocycles. The van der Waals surface area contributed by atoms with Gasteiger partial charge in [-0.25, -0.2) is 23.4 Å². The van der Waals surface area contributed by atoms with Gasteiger partial charge in [0.05, 0.1) is 24.0 Å². The van der Waals surface area contributed by atoms with E-state index in [1.54, 1.807) is 6.07 Å². The predicted molar refractivity (Wildman–Crippen MR) is 135 cm³/mol. The summed E-state index contributed by atoms with van der Waals surface area (Å²) >= 11 is 0. The molecule has 6 nitrogen and oxygen atoms in total. The molecule has 1 aliphatic carbocycles. The highest BCUT2D eigenvalue weighted by Gasteiger charge is 2.34. The first-order valence-corrected chi connectivity index (χ1v) is 12.4. The second-order valence-corrected chi connectivity index (χ2v) is 9.30. The van der Waals surface area contributed by atoms with Crippen LogP contribution in [0, 0.1) is 18.6 Å². The second-order valence-electron chi connectivity index (χ2n) is 9.30. The van der Waals surface area contributed by atoms with E-state index in [2.05, 4.69) is 20.1 Å². The number of hydrogen-bond donors (Lipinski definition) is 0. The van der Waals surface area contributed by atoms with Crippen molar-refractivity contribution in [2.24, 2.45) is 0 Å². The van der Waals surface area contributed by atoms with E-state index in [4.69, 9.17) is 0 Å². The fraction of sp³-hybridized carbons (Fsp3) is 0.321. The molecule has 204 valence electrons. The third-order valence-corrected chi connectivity index (χ3v) is 6.43. The van der Waals surface area contributed by atoms with E-state index in [1.807, 2.05) is 13.0 Å². The van der Waals surface area contributed by atoms with E-state index in [0.717, 1.165) is 60.9 Å². The number of hydrogen-bond acceptors (Lipinski definition) is 5. The zero-order valence-electron chi connectivity index (χ0n) is 21.1. The molecule has 0 atom stereocenters. The van der Waals surface area contributed by atoms with Gasteiger partial charge in [0.2, 0.25) is 0 Å².